The van der Waals surface area contributed by atoms with Gasteiger partial charge in [-0.3, -0.25) is 4.79 Å². The molecule has 5 N–H and O–H groups in total. The van der Waals surface area contributed by atoms with Gasteiger partial charge in [-0.05, 0) is 0 Å². The number of H-pyrrole nitrogens is 1. The summed E-state index contributed by atoms with van der Waals surface area (Å²) in [6, 6.07) is 0. The predicted molar refractivity (Wildman–Crippen MR) is 44.4 cm³/mol. The molecule has 1 atom stereocenters. The third-order valence-electron chi connectivity index (χ3n) is 1.89. The van der Waals surface area contributed by atoms with E-state index in [9.17, 15) is 13.6 Å². The number of carbonyl (C=O) groups is 1. The van der Waals surface area contributed by atoms with E-state index in [4.69, 9.17) is 11.5 Å². The summed E-state index contributed by atoms with van der Waals surface area (Å²) in [6.45, 7) is 0. The number of alkyl halides is 2. The Morgan fingerprint density at radius 2 is 2.36 bits per heavy atom. The van der Waals surface area contributed by atoms with E-state index in [0.717, 1.165) is 0 Å². The number of nitrogens with two attached hydrogens (primary N) is 2. The molecule has 78 valence electrons. The minimum Gasteiger partial charge on any atom is -0.368 e. The van der Waals surface area contributed by atoms with Crippen molar-refractivity contribution in [3.63, 3.8) is 0 Å². The Morgan fingerprint density at radius 1 is 1.71 bits per heavy atom. The van der Waals surface area contributed by atoms with Crippen molar-refractivity contribution in [1.82, 2.24) is 9.97 Å². The molecule has 0 aliphatic rings. The van der Waals surface area contributed by atoms with E-state index in [2.05, 4.69) is 9.97 Å². The topological polar surface area (TPSA) is 97.8 Å². The highest BCUT2D eigenvalue weighted by Crippen LogP contribution is 2.17. The molecular formula is C7H10F2N4O. The van der Waals surface area contributed by atoms with E-state index in [1.165, 1.54) is 12.5 Å². The number of imidazole rings is 1. The van der Waals surface area contributed by atoms with E-state index in [-0.39, 0.29) is 6.42 Å². The fraction of sp³-hybridized carbons (Fsp3) is 0.429. The fourth-order valence-electron chi connectivity index (χ4n) is 0.968. The van der Waals surface area contributed by atoms with Crippen molar-refractivity contribution >= 4 is 5.91 Å². The predicted octanol–water partition coefficient (Wildman–Crippen LogP) is -0.600. The van der Waals surface area contributed by atoms with Crippen LogP contribution in [0.5, 0.6) is 0 Å². The van der Waals surface area contributed by atoms with Crippen LogP contribution in [-0.2, 0) is 11.2 Å². The van der Waals surface area contributed by atoms with E-state index in [1.807, 2.05) is 0 Å². The van der Waals surface area contributed by atoms with Crippen LogP contribution >= 0.6 is 0 Å². The number of nitrogens with one attached hydrogen (secondary N) is 1. The molecule has 0 radical (unpaired) electrons. The van der Waals surface area contributed by atoms with Crippen molar-refractivity contribution in [2.45, 2.75) is 18.4 Å². The number of aromatic nitrogens is 2. The number of carbonyl (C=O) groups excluding carboxylic acids is 1. The van der Waals surface area contributed by atoms with Gasteiger partial charge in [0.2, 0.25) is 5.91 Å². The highest BCUT2D eigenvalue weighted by atomic mass is 19.3. The van der Waals surface area contributed by atoms with Gasteiger partial charge in [-0.25, -0.2) is 13.8 Å². The summed E-state index contributed by atoms with van der Waals surface area (Å²) < 4.78 is 24.9. The van der Waals surface area contributed by atoms with Crippen molar-refractivity contribution in [3.05, 3.63) is 18.2 Å². The van der Waals surface area contributed by atoms with Crippen molar-refractivity contribution < 1.29 is 13.6 Å². The van der Waals surface area contributed by atoms with Gasteiger partial charge in [-0.15, -0.1) is 0 Å². The second kappa shape index (κ2) is 3.70. The SMILES string of the molecule is NC(=O)C(N)(Cc1cnc[nH]1)C(F)F. The van der Waals surface area contributed by atoms with Crippen LogP contribution in [0.2, 0.25) is 0 Å². The van der Waals surface area contributed by atoms with Gasteiger partial charge >= 0.3 is 0 Å². The second-order valence-corrected chi connectivity index (χ2v) is 2.96. The van der Waals surface area contributed by atoms with Crippen LogP contribution in [0.3, 0.4) is 0 Å². The van der Waals surface area contributed by atoms with Gasteiger partial charge in [0.05, 0.1) is 6.33 Å². The lowest BCUT2D eigenvalue weighted by Gasteiger charge is -2.23. The first kappa shape index (κ1) is 10.6. The standard InChI is InChI=1S/C7H10F2N4O/c8-5(9)7(11,6(10)14)1-4-2-12-3-13-4/h2-3,5H,1,11H2,(H2,10,14)(H,12,13). The van der Waals surface area contributed by atoms with E-state index >= 15 is 0 Å². The number of aromatic amines is 1. The number of hydrogen-bond donors (Lipinski definition) is 3. The molecule has 1 aromatic heterocycles. The van der Waals surface area contributed by atoms with Crippen molar-refractivity contribution in [2.24, 2.45) is 11.5 Å². The first-order chi connectivity index (χ1) is 6.47. The van der Waals surface area contributed by atoms with Crippen molar-refractivity contribution in [1.29, 1.82) is 0 Å². The number of hydrogen-bond acceptors (Lipinski definition) is 3. The Hall–Kier alpha value is -1.50. The van der Waals surface area contributed by atoms with E-state index < -0.39 is 17.9 Å². The van der Waals surface area contributed by atoms with Gasteiger partial charge in [0, 0.05) is 18.3 Å². The maximum absolute atomic E-state index is 12.5. The lowest BCUT2D eigenvalue weighted by atomic mass is 9.95. The summed E-state index contributed by atoms with van der Waals surface area (Å²) in [7, 11) is 0. The molecule has 1 heterocycles. The molecule has 5 nitrogen and oxygen atoms in total. The Bertz CT molecular complexity index is 313. The summed E-state index contributed by atoms with van der Waals surface area (Å²) >= 11 is 0. The zero-order valence-corrected chi connectivity index (χ0v) is 7.21. The number of nitrogens with zero attached hydrogens (tertiary/aromatic N) is 1. The van der Waals surface area contributed by atoms with Crippen LogP contribution in [0, 0.1) is 0 Å². The van der Waals surface area contributed by atoms with Gasteiger partial charge in [-0.2, -0.15) is 0 Å². The maximum atomic E-state index is 12.5. The first-order valence-corrected chi connectivity index (χ1v) is 3.81. The van der Waals surface area contributed by atoms with Gasteiger partial charge in [0.1, 0.15) is 0 Å². The van der Waals surface area contributed by atoms with Gasteiger partial charge in [0.15, 0.2) is 5.54 Å². The molecule has 14 heavy (non-hydrogen) atoms. The number of primary amides is 1. The van der Waals surface area contributed by atoms with Gasteiger partial charge in [-0.1, -0.05) is 0 Å². The quantitative estimate of drug-likeness (QED) is 0.610. The monoisotopic (exact) mass is 204 g/mol. The summed E-state index contributed by atoms with van der Waals surface area (Å²) in [4.78, 5) is 17.0. The minimum atomic E-state index is -3.01. The third kappa shape index (κ3) is 1.87. The Kier molecular flexibility index (Phi) is 2.80. The molecule has 0 spiro atoms. The van der Waals surface area contributed by atoms with E-state index in [0.29, 0.717) is 5.69 Å². The van der Waals surface area contributed by atoms with Crippen LogP contribution < -0.4 is 11.5 Å². The highest BCUT2D eigenvalue weighted by Gasteiger charge is 2.42. The zero-order chi connectivity index (χ0) is 10.8. The van der Waals surface area contributed by atoms with Crippen LogP contribution in [0.25, 0.3) is 0 Å². The van der Waals surface area contributed by atoms with Crippen LogP contribution in [-0.4, -0.2) is 27.8 Å². The Morgan fingerprint density at radius 3 is 2.71 bits per heavy atom. The molecule has 0 bridgehead atoms. The molecule has 1 unspecified atom stereocenters. The lowest BCUT2D eigenvalue weighted by Crippen LogP contribution is -2.59. The van der Waals surface area contributed by atoms with Gasteiger partial charge in [0.25, 0.3) is 6.43 Å². The number of rotatable bonds is 4. The maximum Gasteiger partial charge on any atom is 0.265 e. The summed E-state index contributed by atoms with van der Waals surface area (Å²) in [5, 5.41) is 0. The number of amides is 1. The van der Waals surface area contributed by atoms with Crippen LogP contribution in [0.4, 0.5) is 8.78 Å². The largest absolute Gasteiger partial charge is 0.368 e. The summed E-state index contributed by atoms with van der Waals surface area (Å²) in [5.41, 5.74) is 8.01. The lowest BCUT2D eigenvalue weighted by molar-refractivity contribution is -0.128. The van der Waals surface area contributed by atoms with E-state index in [1.54, 1.807) is 0 Å². The smallest absolute Gasteiger partial charge is 0.265 e. The fourth-order valence-corrected chi connectivity index (χ4v) is 0.968. The normalized spacial score (nSPS) is 15.4. The van der Waals surface area contributed by atoms with Crippen molar-refractivity contribution in [3.8, 4) is 0 Å². The Labute approximate surface area is 78.5 Å². The first-order valence-electron chi connectivity index (χ1n) is 3.81. The highest BCUT2D eigenvalue weighted by molar-refractivity contribution is 5.85. The average Bonchev–Trinajstić information content (AvgIpc) is 2.55. The zero-order valence-electron chi connectivity index (χ0n) is 7.21. The molecule has 1 aromatic rings. The molecule has 0 saturated carbocycles. The number of halogens is 2. The van der Waals surface area contributed by atoms with Crippen LogP contribution in [0.1, 0.15) is 5.69 Å². The molecule has 7 heteroatoms. The molecule has 0 saturated heterocycles. The Balaban J connectivity index is 2.85. The molecular weight excluding hydrogens is 194 g/mol. The molecule has 0 aliphatic carbocycles. The summed E-state index contributed by atoms with van der Waals surface area (Å²) in [6.07, 6.45) is -0.752. The molecule has 0 aromatic carbocycles. The summed E-state index contributed by atoms with van der Waals surface area (Å²) in [5.74, 6) is -1.23. The third-order valence-corrected chi connectivity index (χ3v) is 1.89. The second-order valence-electron chi connectivity index (χ2n) is 2.96. The van der Waals surface area contributed by atoms with Crippen molar-refractivity contribution in [2.75, 3.05) is 0 Å². The van der Waals surface area contributed by atoms with Crippen LogP contribution in [0.15, 0.2) is 12.5 Å². The molecule has 0 fully saturated rings. The molecule has 1 rings (SSSR count). The average molecular weight is 204 g/mol. The molecule has 1 amide bonds. The minimum absolute atomic E-state index is 0.339. The molecule has 0 aliphatic heterocycles. The van der Waals surface area contributed by atoms with Gasteiger partial charge < -0.3 is 16.5 Å².